The predicted molar refractivity (Wildman–Crippen MR) is 76.5 cm³/mol. The van der Waals surface area contributed by atoms with Crippen LogP contribution in [0.5, 0.6) is 0 Å². The first-order valence-corrected chi connectivity index (χ1v) is 8.35. The lowest BCUT2D eigenvalue weighted by Crippen LogP contribution is -2.19. The Kier molecular flexibility index (Phi) is 5.33. The van der Waals surface area contributed by atoms with E-state index in [0.717, 1.165) is 13.0 Å². The van der Waals surface area contributed by atoms with Crippen molar-refractivity contribution in [2.45, 2.75) is 43.0 Å². The molecule has 0 radical (unpaired) electrons. The van der Waals surface area contributed by atoms with Gasteiger partial charge in [-0.3, -0.25) is 0 Å². The Morgan fingerprint density at radius 3 is 3.00 bits per heavy atom. The van der Waals surface area contributed by atoms with E-state index in [-0.39, 0.29) is 0 Å². The Balaban J connectivity index is 1.79. The zero-order chi connectivity index (χ0) is 11.4. The second-order valence-corrected chi connectivity index (χ2v) is 7.07. The van der Waals surface area contributed by atoms with Crippen LogP contribution in [0.25, 0.3) is 0 Å². The molecule has 1 aromatic heterocycles. The van der Waals surface area contributed by atoms with Crippen LogP contribution in [-0.2, 0) is 4.74 Å². The van der Waals surface area contributed by atoms with Crippen molar-refractivity contribution in [1.29, 1.82) is 0 Å². The molecule has 2 unspecified atom stereocenters. The van der Waals surface area contributed by atoms with Crippen LogP contribution in [0.2, 0.25) is 0 Å². The first-order valence-electron chi connectivity index (χ1n) is 5.76. The van der Waals surface area contributed by atoms with Gasteiger partial charge in [0.2, 0.25) is 0 Å². The number of halogens is 2. The molecule has 1 aliphatic rings. The molecule has 0 amide bonds. The summed E-state index contributed by atoms with van der Waals surface area (Å²) in [5.74, 6) is 0. The van der Waals surface area contributed by atoms with Crippen molar-refractivity contribution in [2.24, 2.45) is 0 Å². The molecule has 0 aliphatic carbocycles. The summed E-state index contributed by atoms with van der Waals surface area (Å²) < 4.78 is 6.97. The number of rotatable bonds is 4. The van der Waals surface area contributed by atoms with Gasteiger partial charge in [-0.25, -0.2) is 0 Å². The number of ether oxygens (including phenoxy) is 1. The summed E-state index contributed by atoms with van der Waals surface area (Å²) in [5.41, 5.74) is 0. The molecular weight excluding hydrogens is 352 g/mol. The lowest BCUT2D eigenvalue weighted by atomic mass is 10.0. The van der Waals surface area contributed by atoms with Gasteiger partial charge in [0.25, 0.3) is 0 Å². The molecule has 1 nitrogen and oxygen atoms in total. The molecular formula is C12H16Br2OS. The molecule has 1 fully saturated rings. The van der Waals surface area contributed by atoms with Crippen LogP contribution < -0.4 is 0 Å². The SMILES string of the molecule is Brc1ccsc1C(Br)CCC1CCCCO1. The van der Waals surface area contributed by atoms with Crippen LogP contribution in [-0.4, -0.2) is 12.7 Å². The van der Waals surface area contributed by atoms with Crippen molar-refractivity contribution in [1.82, 2.24) is 0 Å². The molecule has 0 spiro atoms. The van der Waals surface area contributed by atoms with Crippen molar-refractivity contribution in [2.75, 3.05) is 6.61 Å². The average molecular weight is 368 g/mol. The van der Waals surface area contributed by atoms with Gasteiger partial charge < -0.3 is 4.74 Å². The molecule has 0 N–H and O–H groups in total. The van der Waals surface area contributed by atoms with Crippen molar-refractivity contribution < 1.29 is 4.74 Å². The molecule has 2 heterocycles. The zero-order valence-electron chi connectivity index (χ0n) is 9.12. The summed E-state index contributed by atoms with van der Waals surface area (Å²) in [5, 5.41) is 2.13. The normalized spacial score (nSPS) is 23.2. The summed E-state index contributed by atoms with van der Waals surface area (Å²) in [6.45, 7) is 0.959. The molecule has 90 valence electrons. The van der Waals surface area contributed by atoms with E-state index >= 15 is 0 Å². The Bertz CT molecular complexity index is 321. The maximum atomic E-state index is 5.75. The van der Waals surface area contributed by atoms with Gasteiger partial charge in [-0.05, 0) is 59.5 Å². The lowest BCUT2D eigenvalue weighted by molar-refractivity contribution is 0.0102. The van der Waals surface area contributed by atoms with Gasteiger partial charge in [0.1, 0.15) is 0 Å². The smallest absolute Gasteiger partial charge is 0.0575 e. The minimum Gasteiger partial charge on any atom is -0.378 e. The predicted octanol–water partition coefficient (Wildman–Crippen LogP) is 5.30. The third kappa shape index (κ3) is 3.56. The Hall–Kier alpha value is 0.620. The fourth-order valence-corrected chi connectivity index (χ4v) is 4.83. The van der Waals surface area contributed by atoms with E-state index in [1.807, 2.05) is 11.3 Å². The van der Waals surface area contributed by atoms with E-state index in [1.165, 1.54) is 35.0 Å². The third-order valence-corrected chi connectivity index (χ3v) is 6.15. The van der Waals surface area contributed by atoms with Gasteiger partial charge in [0, 0.05) is 16.0 Å². The second kappa shape index (κ2) is 6.53. The monoisotopic (exact) mass is 366 g/mol. The van der Waals surface area contributed by atoms with Gasteiger partial charge in [0.15, 0.2) is 0 Å². The van der Waals surface area contributed by atoms with Gasteiger partial charge in [-0.2, -0.15) is 0 Å². The van der Waals surface area contributed by atoms with Crippen molar-refractivity contribution in [3.63, 3.8) is 0 Å². The molecule has 0 bridgehead atoms. The molecule has 2 rings (SSSR count). The number of thiophene rings is 1. The standard InChI is InChI=1S/C12H16Br2OS/c13-10(12-11(14)6-8-16-12)5-4-9-3-1-2-7-15-9/h6,8-10H,1-5,7H2. The van der Waals surface area contributed by atoms with E-state index in [2.05, 4.69) is 43.3 Å². The molecule has 4 heteroatoms. The van der Waals surface area contributed by atoms with Crippen LogP contribution in [0.15, 0.2) is 15.9 Å². The van der Waals surface area contributed by atoms with Crippen molar-refractivity contribution in [3.05, 3.63) is 20.8 Å². The summed E-state index contributed by atoms with van der Waals surface area (Å²) in [6.07, 6.45) is 6.63. The quantitative estimate of drug-likeness (QED) is 0.656. The van der Waals surface area contributed by atoms with Crippen LogP contribution in [0, 0.1) is 0 Å². The number of hydrogen-bond donors (Lipinski definition) is 0. The van der Waals surface area contributed by atoms with E-state index in [0.29, 0.717) is 10.9 Å². The maximum absolute atomic E-state index is 5.75. The molecule has 1 aromatic rings. The molecule has 1 saturated heterocycles. The minimum absolute atomic E-state index is 0.465. The molecule has 16 heavy (non-hydrogen) atoms. The summed E-state index contributed by atoms with van der Waals surface area (Å²) >= 11 is 9.16. The van der Waals surface area contributed by atoms with Gasteiger partial charge in [-0.15, -0.1) is 11.3 Å². The largest absolute Gasteiger partial charge is 0.378 e. The molecule has 0 aromatic carbocycles. The third-order valence-electron chi connectivity index (χ3n) is 2.95. The number of alkyl halides is 1. The average Bonchev–Trinajstić information content (AvgIpc) is 2.74. The highest BCUT2D eigenvalue weighted by molar-refractivity contribution is 9.11. The Morgan fingerprint density at radius 1 is 1.50 bits per heavy atom. The Labute approximate surface area is 118 Å². The highest BCUT2D eigenvalue weighted by Crippen LogP contribution is 2.38. The van der Waals surface area contributed by atoms with Crippen LogP contribution >= 0.6 is 43.2 Å². The van der Waals surface area contributed by atoms with Crippen molar-refractivity contribution >= 4 is 43.2 Å². The van der Waals surface area contributed by atoms with Crippen molar-refractivity contribution in [3.8, 4) is 0 Å². The zero-order valence-corrected chi connectivity index (χ0v) is 13.1. The summed E-state index contributed by atoms with van der Waals surface area (Å²) in [4.78, 5) is 1.86. The molecule has 1 aliphatic heterocycles. The van der Waals surface area contributed by atoms with Gasteiger partial charge in [0.05, 0.1) is 10.9 Å². The van der Waals surface area contributed by atoms with Gasteiger partial charge >= 0.3 is 0 Å². The second-order valence-electron chi connectivity index (χ2n) is 4.17. The lowest BCUT2D eigenvalue weighted by Gasteiger charge is -2.23. The fourth-order valence-electron chi connectivity index (χ4n) is 2.03. The van der Waals surface area contributed by atoms with E-state index in [9.17, 15) is 0 Å². The first-order chi connectivity index (χ1) is 7.77. The fraction of sp³-hybridized carbons (Fsp3) is 0.667. The van der Waals surface area contributed by atoms with Crippen LogP contribution in [0.3, 0.4) is 0 Å². The Morgan fingerprint density at radius 2 is 2.38 bits per heavy atom. The topological polar surface area (TPSA) is 9.23 Å². The van der Waals surface area contributed by atoms with Gasteiger partial charge in [-0.1, -0.05) is 15.9 Å². The highest BCUT2D eigenvalue weighted by atomic mass is 79.9. The van der Waals surface area contributed by atoms with Crippen LogP contribution in [0.1, 0.15) is 41.8 Å². The van der Waals surface area contributed by atoms with Crippen LogP contribution in [0.4, 0.5) is 0 Å². The van der Waals surface area contributed by atoms with E-state index in [4.69, 9.17) is 4.74 Å². The van der Waals surface area contributed by atoms with E-state index in [1.54, 1.807) is 0 Å². The first kappa shape index (κ1) is 13.1. The summed E-state index contributed by atoms with van der Waals surface area (Å²) in [7, 11) is 0. The number of hydrogen-bond acceptors (Lipinski definition) is 2. The van der Waals surface area contributed by atoms with E-state index < -0.39 is 0 Å². The highest BCUT2D eigenvalue weighted by Gasteiger charge is 2.18. The minimum atomic E-state index is 0.465. The maximum Gasteiger partial charge on any atom is 0.0575 e. The molecule has 0 saturated carbocycles. The summed E-state index contributed by atoms with van der Waals surface area (Å²) in [6, 6.07) is 2.12. The molecule has 2 atom stereocenters.